The minimum absolute atomic E-state index is 0.0118. The van der Waals surface area contributed by atoms with E-state index in [1.54, 1.807) is 6.07 Å². The van der Waals surface area contributed by atoms with Gasteiger partial charge in [0, 0.05) is 0 Å². The molecule has 1 heterocycles. The summed E-state index contributed by atoms with van der Waals surface area (Å²) in [4.78, 5) is 0. The van der Waals surface area contributed by atoms with Gasteiger partial charge in [0.1, 0.15) is 10.8 Å². The Kier molecular flexibility index (Phi) is 3.51. The monoisotopic (exact) mass is 245 g/mol. The summed E-state index contributed by atoms with van der Waals surface area (Å²) in [6.45, 7) is 0.709. The number of unbranched alkanes of at least 4 members (excludes halogenated alkanes) is 1. The molecule has 2 rings (SSSR count). The van der Waals surface area contributed by atoms with Crippen molar-refractivity contribution in [2.75, 3.05) is 13.3 Å². The predicted octanol–water partition coefficient (Wildman–Crippen LogP) is 2.49. The van der Waals surface area contributed by atoms with Gasteiger partial charge in [-0.3, -0.25) is 0 Å². The minimum Gasteiger partial charge on any atom is -0.454 e. The zero-order valence-electron chi connectivity index (χ0n) is 8.76. The van der Waals surface area contributed by atoms with E-state index >= 15 is 0 Å². The Morgan fingerprint density at radius 1 is 1.38 bits per heavy atom. The maximum atomic E-state index is 13.8. The van der Waals surface area contributed by atoms with Gasteiger partial charge in [-0.1, -0.05) is 11.6 Å². The quantitative estimate of drug-likeness (QED) is 0.829. The fourth-order valence-electron chi connectivity index (χ4n) is 1.67. The fraction of sp³-hybridized carbons (Fsp3) is 0.455. The van der Waals surface area contributed by atoms with Crippen molar-refractivity contribution in [1.29, 1.82) is 0 Å². The second-order valence-electron chi connectivity index (χ2n) is 3.64. The number of hydrogen-bond acceptors (Lipinski definition) is 3. The van der Waals surface area contributed by atoms with E-state index in [1.165, 1.54) is 0 Å². The van der Waals surface area contributed by atoms with Crippen LogP contribution in [-0.2, 0) is 6.42 Å². The summed E-state index contributed by atoms with van der Waals surface area (Å²) < 4.78 is 24.0. The van der Waals surface area contributed by atoms with E-state index in [1.807, 2.05) is 0 Å². The van der Waals surface area contributed by atoms with Gasteiger partial charge in [0.05, 0.1) is 0 Å². The van der Waals surface area contributed by atoms with E-state index < -0.39 is 5.82 Å². The Balaban J connectivity index is 2.22. The molecule has 0 unspecified atom stereocenters. The lowest BCUT2D eigenvalue weighted by Crippen LogP contribution is -2.00. The summed E-state index contributed by atoms with van der Waals surface area (Å²) in [5.74, 6) is 0.416. The standard InChI is InChI=1S/C11H13ClFNO2/c12-9-10(13)7(3-1-2-4-14)5-8-11(9)16-6-15-8/h5H,1-4,6,14H2. The van der Waals surface area contributed by atoms with Crippen molar-refractivity contribution >= 4 is 11.6 Å². The van der Waals surface area contributed by atoms with Crippen LogP contribution in [0.4, 0.5) is 4.39 Å². The molecule has 1 aliphatic rings. The molecule has 0 spiro atoms. The van der Waals surface area contributed by atoms with Crippen LogP contribution in [0.25, 0.3) is 0 Å². The summed E-state index contributed by atoms with van der Waals surface area (Å²) in [5.41, 5.74) is 5.94. The third kappa shape index (κ3) is 2.08. The first-order chi connectivity index (χ1) is 7.74. The van der Waals surface area contributed by atoms with Crippen LogP contribution < -0.4 is 15.2 Å². The number of aryl methyl sites for hydroxylation is 1. The summed E-state index contributed by atoms with van der Waals surface area (Å²) in [7, 11) is 0. The van der Waals surface area contributed by atoms with Gasteiger partial charge in [-0.25, -0.2) is 4.39 Å². The maximum Gasteiger partial charge on any atom is 0.231 e. The maximum absolute atomic E-state index is 13.8. The first-order valence-corrected chi connectivity index (χ1v) is 5.58. The van der Waals surface area contributed by atoms with Crippen LogP contribution in [0, 0.1) is 5.82 Å². The predicted molar refractivity (Wildman–Crippen MR) is 59.5 cm³/mol. The first kappa shape index (κ1) is 11.5. The second kappa shape index (κ2) is 4.89. The normalized spacial score (nSPS) is 13.2. The smallest absolute Gasteiger partial charge is 0.231 e. The van der Waals surface area contributed by atoms with Crippen LogP contribution in [0.1, 0.15) is 18.4 Å². The third-order valence-corrected chi connectivity index (χ3v) is 2.86. The number of benzene rings is 1. The molecular formula is C11H13ClFNO2. The summed E-state index contributed by atoms with van der Waals surface area (Å²) >= 11 is 5.85. The van der Waals surface area contributed by atoms with Crippen LogP contribution in [0.3, 0.4) is 0 Å². The van der Waals surface area contributed by atoms with Gasteiger partial charge < -0.3 is 15.2 Å². The van der Waals surface area contributed by atoms with Crippen molar-refractivity contribution in [1.82, 2.24) is 0 Å². The molecule has 0 fully saturated rings. The largest absolute Gasteiger partial charge is 0.454 e. The van der Waals surface area contributed by atoms with E-state index in [0.29, 0.717) is 30.0 Å². The molecule has 0 amide bonds. The number of ether oxygens (including phenoxy) is 2. The number of nitrogens with two attached hydrogens (primary N) is 1. The van der Waals surface area contributed by atoms with Crippen LogP contribution in [0.5, 0.6) is 11.5 Å². The number of rotatable bonds is 4. The fourth-order valence-corrected chi connectivity index (χ4v) is 1.94. The Hall–Kier alpha value is -1.00. The molecule has 2 N–H and O–H groups in total. The van der Waals surface area contributed by atoms with Gasteiger partial charge in [0.15, 0.2) is 11.5 Å². The Bertz CT molecular complexity index is 398. The molecule has 0 atom stereocenters. The molecule has 88 valence electrons. The van der Waals surface area contributed by atoms with Crippen LogP contribution in [-0.4, -0.2) is 13.3 Å². The van der Waals surface area contributed by atoms with Crippen molar-refractivity contribution in [3.8, 4) is 11.5 Å². The van der Waals surface area contributed by atoms with Crippen LogP contribution in [0.15, 0.2) is 6.07 Å². The van der Waals surface area contributed by atoms with E-state index in [-0.39, 0.29) is 11.8 Å². The molecule has 16 heavy (non-hydrogen) atoms. The van der Waals surface area contributed by atoms with Gasteiger partial charge in [-0.2, -0.15) is 0 Å². The van der Waals surface area contributed by atoms with E-state index in [4.69, 9.17) is 26.8 Å². The van der Waals surface area contributed by atoms with Crippen molar-refractivity contribution in [3.63, 3.8) is 0 Å². The van der Waals surface area contributed by atoms with Crippen LogP contribution >= 0.6 is 11.6 Å². The summed E-state index contributed by atoms with van der Waals surface area (Å²) in [6, 6.07) is 1.65. The minimum atomic E-state index is -0.414. The van der Waals surface area contributed by atoms with Gasteiger partial charge in [-0.05, 0) is 37.4 Å². The summed E-state index contributed by atoms with van der Waals surface area (Å²) in [6.07, 6.45) is 2.31. The van der Waals surface area contributed by atoms with Crippen molar-refractivity contribution in [2.45, 2.75) is 19.3 Å². The SMILES string of the molecule is NCCCCc1cc2c(c(Cl)c1F)OCO2. The first-order valence-electron chi connectivity index (χ1n) is 5.20. The molecule has 0 saturated carbocycles. The molecule has 3 nitrogen and oxygen atoms in total. The molecular weight excluding hydrogens is 233 g/mol. The lowest BCUT2D eigenvalue weighted by atomic mass is 10.1. The molecule has 0 saturated heterocycles. The number of halogens is 2. The van der Waals surface area contributed by atoms with E-state index in [2.05, 4.69) is 0 Å². The lowest BCUT2D eigenvalue weighted by molar-refractivity contribution is 0.174. The summed E-state index contributed by atoms with van der Waals surface area (Å²) in [5, 5.41) is 0.0118. The van der Waals surface area contributed by atoms with Crippen molar-refractivity contribution in [2.24, 2.45) is 5.73 Å². The zero-order valence-corrected chi connectivity index (χ0v) is 9.52. The third-order valence-electron chi connectivity index (χ3n) is 2.52. The second-order valence-corrected chi connectivity index (χ2v) is 4.02. The highest BCUT2D eigenvalue weighted by Gasteiger charge is 2.23. The van der Waals surface area contributed by atoms with Gasteiger partial charge in [0.25, 0.3) is 0 Å². The molecule has 1 aromatic rings. The molecule has 1 aromatic carbocycles. The van der Waals surface area contributed by atoms with Gasteiger partial charge in [0.2, 0.25) is 6.79 Å². The molecule has 0 bridgehead atoms. The highest BCUT2D eigenvalue weighted by atomic mass is 35.5. The molecule has 0 aliphatic carbocycles. The van der Waals surface area contributed by atoms with E-state index in [0.717, 1.165) is 12.8 Å². The lowest BCUT2D eigenvalue weighted by Gasteiger charge is -2.07. The Labute approximate surface area is 98.3 Å². The van der Waals surface area contributed by atoms with Crippen molar-refractivity contribution < 1.29 is 13.9 Å². The van der Waals surface area contributed by atoms with Gasteiger partial charge >= 0.3 is 0 Å². The van der Waals surface area contributed by atoms with E-state index in [9.17, 15) is 4.39 Å². The molecule has 0 aromatic heterocycles. The van der Waals surface area contributed by atoms with Crippen molar-refractivity contribution in [3.05, 3.63) is 22.5 Å². The number of fused-ring (bicyclic) bond motifs is 1. The topological polar surface area (TPSA) is 44.5 Å². The molecule has 5 heteroatoms. The van der Waals surface area contributed by atoms with Gasteiger partial charge in [-0.15, -0.1) is 0 Å². The zero-order chi connectivity index (χ0) is 11.5. The number of hydrogen-bond donors (Lipinski definition) is 1. The average molecular weight is 246 g/mol. The highest BCUT2D eigenvalue weighted by molar-refractivity contribution is 6.32. The molecule has 0 radical (unpaired) electrons. The Morgan fingerprint density at radius 3 is 2.94 bits per heavy atom. The Morgan fingerprint density at radius 2 is 2.19 bits per heavy atom. The highest BCUT2D eigenvalue weighted by Crippen LogP contribution is 2.42. The van der Waals surface area contributed by atoms with Crippen LogP contribution in [0.2, 0.25) is 5.02 Å². The average Bonchev–Trinajstić information content (AvgIpc) is 2.73. The molecule has 1 aliphatic heterocycles.